The van der Waals surface area contributed by atoms with Gasteiger partial charge < -0.3 is 9.64 Å². The first-order valence-electron chi connectivity index (χ1n) is 6.19. The number of hydrogen-bond acceptors (Lipinski definition) is 4. The number of ether oxygens (including phenoxy) is 1. The van der Waals surface area contributed by atoms with Crippen LogP contribution in [0.5, 0.6) is 0 Å². The maximum absolute atomic E-state index is 9.55. The van der Waals surface area contributed by atoms with Crippen LogP contribution in [0.3, 0.4) is 0 Å². The molecule has 0 aromatic rings. The van der Waals surface area contributed by atoms with E-state index in [1.54, 1.807) is 0 Å². The van der Waals surface area contributed by atoms with E-state index in [-0.39, 0.29) is 5.54 Å². The Morgan fingerprint density at radius 2 is 1.88 bits per heavy atom. The minimum absolute atomic E-state index is 0.228. The molecule has 0 amide bonds. The zero-order chi connectivity index (χ0) is 11.4. The van der Waals surface area contributed by atoms with Crippen molar-refractivity contribution in [1.29, 1.82) is 5.26 Å². The van der Waals surface area contributed by atoms with Gasteiger partial charge in [0.15, 0.2) is 0 Å². The van der Waals surface area contributed by atoms with Crippen molar-refractivity contribution < 1.29 is 4.74 Å². The Labute approximate surface area is 97.8 Å². The maximum atomic E-state index is 9.55. The molecule has 2 rings (SSSR count). The topological polar surface area (TPSA) is 39.5 Å². The van der Waals surface area contributed by atoms with Gasteiger partial charge >= 0.3 is 0 Å². The highest BCUT2D eigenvalue weighted by Gasteiger charge is 2.38. The van der Waals surface area contributed by atoms with Gasteiger partial charge in [0.25, 0.3) is 0 Å². The molecular weight excluding hydrogens is 202 g/mol. The smallest absolute Gasteiger partial charge is 0.110 e. The van der Waals surface area contributed by atoms with Gasteiger partial charge in [-0.3, -0.25) is 4.90 Å². The fraction of sp³-hybridized carbons (Fsp3) is 0.917. The summed E-state index contributed by atoms with van der Waals surface area (Å²) >= 11 is 0. The summed E-state index contributed by atoms with van der Waals surface area (Å²) in [5, 5.41) is 9.55. The van der Waals surface area contributed by atoms with Crippen molar-refractivity contribution in [3.05, 3.63) is 0 Å². The molecular formula is C12H21N3O. The minimum Gasteiger partial charge on any atom is -0.379 e. The second-order valence-corrected chi connectivity index (χ2v) is 4.90. The summed E-state index contributed by atoms with van der Waals surface area (Å²) in [5.74, 6) is 0. The van der Waals surface area contributed by atoms with E-state index >= 15 is 0 Å². The molecule has 0 bridgehead atoms. The summed E-state index contributed by atoms with van der Waals surface area (Å²) in [5.41, 5.74) is -0.228. The second-order valence-electron chi connectivity index (χ2n) is 4.90. The quantitative estimate of drug-likeness (QED) is 0.656. The van der Waals surface area contributed by atoms with Crippen molar-refractivity contribution in [2.24, 2.45) is 0 Å². The standard InChI is InChI=1S/C12H21N3O/c1-14-5-2-3-12(11-13,4-6-14)15-7-9-16-10-8-15/h2-10H2,1H3. The van der Waals surface area contributed by atoms with Gasteiger partial charge in [-0.15, -0.1) is 0 Å². The average Bonchev–Trinajstić information content (AvgIpc) is 2.53. The summed E-state index contributed by atoms with van der Waals surface area (Å²) < 4.78 is 5.37. The molecule has 0 radical (unpaired) electrons. The molecule has 1 atom stereocenters. The highest BCUT2D eigenvalue weighted by molar-refractivity contribution is 5.10. The fourth-order valence-corrected chi connectivity index (χ4v) is 2.74. The maximum Gasteiger partial charge on any atom is 0.110 e. The Kier molecular flexibility index (Phi) is 3.80. The van der Waals surface area contributed by atoms with E-state index in [2.05, 4.69) is 22.9 Å². The predicted molar refractivity (Wildman–Crippen MR) is 62.1 cm³/mol. The lowest BCUT2D eigenvalue weighted by Crippen LogP contribution is -2.53. The van der Waals surface area contributed by atoms with Gasteiger partial charge in [-0.05, 0) is 32.9 Å². The van der Waals surface area contributed by atoms with Crippen LogP contribution in [0.2, 0.25) is 0 Å². The first-order chi connectivity index (χ1) is 7.77. The molecule has 0 saturated carbocycles. The summed E-state index contributed by atoms with van der Waals surface area (Å²) in [6.45, 7) is 5.53. The molecule has 2 heterocycles. The van der Waals surface area contributed by atoms with E-state index in [9.17, 15) is 5.26 Å². The summed E-state index contributed by atoms with van der Waals surface area (Å²) in [6.07, 6.45) is 3.11. The third kappa shape index (κ3) is 2.37. The van der Waals surface area contributed by atoms with Crippen LogP contribution >= 0.6 is 0 Å². The number of nitriles is 1. The fourth-order valence-electron chi connectivity index (χ4n) is 2.74. The van der Waals surface area contributed by atoms with E-state index in [1.165, 1.54) is 0 Å². The minimum atomic E-state index is -0.228. The molecule has 16 heavy (non-hydrogen) atoms. The molecule has 0 aromatic heterocycles. The highest BCUT2D eigenvalue weighted by atomic mass is 16.5. The van der Waals surface area contributed by atoms with E-state index < -0.39 is 0 Å². The number of morpholine rings is 1. The van der Waals surface area contributed by atoms with Crippen molar-refractivity contribution in [2.75, 3.05) is 46.4 Å². The zero-order valence-electron chi connectivity index (χ0n) is 10.1. The van der Waals surface area contributed by atoms with Crippen LogP contribution in [-0.4, -0.2) is 61.8 Å². The molecule has 1 unspecified atom stereocenters. The lowest BCUT2D eigenvalue weighted by atomic mass is 9.89. The largest absolute Gasteiger partial charge is 0.379 e. The molecule has 2 aliphatic heterocycles. The van der Waals surface area contributed by atoms with E-state index in [4.69, 9.17) is 4.74 Å². The molecule has 2 saturated heterocycles. The van der Waals surface area contributed by atoms with Gasteiger partial charge in [-0.1, -0.05) is 0 Å². The molecule has 4 heteroatoms. The van der Waals surface area contributed by atoms with Crippen molar-refractivity contribution in [3.8, 4) is 6.07 Å². The summed E-state index contributed by atoms with van der Waals surface area (Å²) in [6, 6.07) is 2.59. The second kappa shape index (κ2) is 5.13. The Morgan fingerprint density at radius 3 is 2.56 bits per heavy atom. The molecule has 4 nitrogen and oxygen atoms in total. The van der Waals surface area contributed by atoms with Crippen LogP contribution in [-0.2, 0) is 4.74 Å². The van der Waals surface area contributed by atoms with E-state index in [0.717, 1.165) is 58.7 Å². The van der Waals surface area contributed by atoms with Crippen LogP contribution in [0.4, 0.5) is 0 Å². The van der Waals surface area contributed by atoms with Gasteiger partial charge in [0, 0.05) is 19.6 Å². The van der Waals surface area contributed by atoms with Gasteiger partial charge in [-0.25, -0.2) is 0 Å². The van der Waals surface area contributed by atoms with Gasteiger partial charge in [0.1, 0.15) is 5.54 Å². The molecule has 0 aliphatic carbocycles. The van der Waals surface area contributed by atoms with Crippen LogP contribution in [0.25, 0.3) is 0 Å². The molecule has 0 aromatic carbocycles. The number of rotatable bonds is 1. The molecule has 2 aliphatic rings. The highest BCUT2D eigenvalue weighted by Crippen LogP contribution is 2.28. The van der Waals surface area contributed by atoms with Crippen LogP contribution in [0.1, 0.15) is 19.3 Å². The third-order valence-electron chi connectivity index (χ3n) is 3.86. The molecule has 90 valence electrons. The third-order valence-corrected chi connectivity index (χ3v) is 3.86. The summed E-state index contributed by atoms with van der Waals surface area (Å²) in [7, 11) is 2.15. The van der Waals surface area contributed by atoms with Crippen molar-refractivity contribution >= 4 is 0 Å². The van der Waals surface area contributed by atoms with E-state index in [1.807, 2.05) is 0 Å². The zero-order valence-corrected chi connectivity index (χ0v) is 10.1. The molecule has 0 N–H and O–H groups in total. The normalized spacial score (nSPS) is 34.2. The lowest BCUT2D eigenvalue weighted by molar-refractivity contribution is -0.00777. The van der Waals surface area contributed by atoms with Crippen LogP contribution in [0.15, 0.2) is 0 Å². The van der Waals surface area contributed by atoms with Crippen molar-refractivity contribution in [2.45, 2.75) is 24.8 Å². The number of hydrogen-bond donors (Lipinski definition) is 0. The first kappa shape index (κ1) is 11.8. The van der Waals surface area contributed by atoms with Crippen molar-refractivity contribution in [3.63, 3.8) is 0 Å². The molecule has 2 fully saturated rings. The monoisotopic (exact) mass is 223 g/mol. The van der Waals surface area contributed by atoms with Crippen LogP contribution in [0, 0.1) is 11.3 Å². The summed E-state index contributed by atoms with van der Waals surface area (Å²) in [4.78, 5) is 4.68. The Bertz CT molecular complexity index is 270. The van der Waals surface area contributed by atoms with E-state index in [0.29, 0.717) is 0 Å². The first-order valence-corrected chi connectivity index (χ1v) is 6.19. The lowest BCUT2D eigenvalue weighted by Gasteiger charge is -2.40. The van der Waals surface area contributed by atoms with Crippen LogP contribution < -0.4 is 0 Å². The number of nitrogens with zero attached hydrogens (tertiary/aromatic N) is 3. The predicted octanol–water partition coefficient (Wildman–Crippen LogP) is 0.697. The average molecular weight is 223 g/mol. The Morgan fingerprint density at radius 1 is 1.12 bits per heavy atom. The SMILES string of the molecule is CN1CCCC(C#N)(N2CCOCC2)CC1. The van der Waals surface area contributed by atoms with Gasteiger partial charge in [0.05, 0.1) is 19.3 Å². The van der Waals surface area contributed by atoms with Crippen molar-refractivity contribution in [1.82, 2.24) is 9.80 Å². The van der Waals surface area contributed by atoms with Gasteiger partial charge in [0.2, 0.25) is 0 Å². The van der Waals surface area contributed by atoms with Gasteiger partial charge in [-0.2, -0.15) is 5.26 Å². The molecule has 0 spiro atoms. The Balaban J connectivity index is 2.08. The Hall–Kier alpha value is -0.630. The number of likely N-dealkylation sites (tertiary alicyclic amines) is 1.